The second-order valence-electron chi connectivity index (χ2n) is 11.6. The molecule has 0 amide bonds. The van der Waals surface area contributed by atoms with Crippen molar-refractivity contribution in [3.05, 3.63) is 140 Å². The van der Waals surface area contributed by atoms with Crippen molar-refractivity contribution in [1.29, 1.82) is 0 Å². The van der Waals surface area contributed by atoms with Crippen LogP contribution in [-0.4, -0.2) is 0 Å². The fraction of sp³-hybridized carbons (Fsp3) is 0. The predicted octanol–water partition coefficient (Wildman–Crippen LogP) is 11.0. The minimum absolute atomic E-state index is 0.877. The van der Waals surface area contributed by atoms with Gasteiger partial charge in [-0.2, -0.15) is 0 Å². The smallest absolute Gasteiger partial charge is 0.171 e. The van der Waals surface area contributed by atoms with E-state index in [1.54, 1.807) is 22.7 Å². The Kier molecular flexibility index (Phi) is 5.09. The fourth-order valence-electron chi connectivity index (χ4n) is 7.24. The van der Waals surface area contributed by atoms with Crippen LogP contribution in [0.2, 0.25) is 0 Å². The molecule has 4 heteroatoms. The van der Waals surface area contributed by atoms with Gasteiger partial charge in [0.2, 0.25) is 0 Å². The lowest BCUT2D eigenvalue weighted by atomic mass is 9.94. The molecule has 2 heterocycles. The van der Waals surface area contributed by atoms with Crippen LogP contribution in [0.1, 0.15) is 0 Å². The van der Waals surface area contributed by atoms with Crippen molar-refractivity contribution < 1.29 is 4.57 Å². The van der Waals surface area contributed by atoms with Crippen molar-refractivity contribution in [2.45, 2.75) is 0 Å². The summed E-state index contributed by atoms with van der Waals surface area (Å²) in [6.45, 7) is 0. The van der Waals surface area contributed by atoms with E-state index in [0.29, 0.717) is 0 Å². The van der Waals surface area contributed by atoms with Crippen LogP contribution in [-0.2, 0) is 4.57 Å². The van der Waals surface area contributed by atoms with Crippen LogP contribution in [0.5, 0.6) is 0 Å². The third-order valence-electron chi connectivity index (χ3n) is 9.29. The molecule has 0 radical (unpaired) electrons. The van der Waals surface area contributed by atoms with Gasteiger partial charge in [-0.25, -0.2) is 0 Å². The maximum Gasteiger partial charge on any atom is 0.171 e. The number of rotatable bonds is 3. The van der Waals surface area contributed by atoms with Gasteiger partial charge in [0.1, 0.15) is 0 Å². The first kappa shape index (κ1) is 24.9. The monoisotopic (exact) mass is 614 g/mol. The van der Waals surface area contributed by atoms with E-state index in [4.69, 9.17) is 0 Å². The molecule has 0 fully saturated rings. The zero-order valence-corrected chi connectivity index (χ0v) is 26.0. The summed E-state index contributed by atoms with van der Waals surface area (Å²) in [6, 6.07) is 49.7. The molecule has 0 N–H and O–H groups in total. The lowest BCUT2D eigenvalue weighted by Crippen LogP contribution is -2.25. The normalized spacial score (nSPS) is 12.6. The highest BCUT2D eigenvalue weighted by atomic mass is 32.1. The van der Waals surface area contributed by atoms with Crippen LogP contribution >= 0.6 is 29.8 Å². The summed E-state index contributed by atoms with van der Waals surface area (Å²) >= 11 is 3.59. The molecular formula is C40H23OPS2. The molecule has 0 aliphatic rings. The summed E-state index contributed by atoms with van der Waals surface area (Å²) < 4.78 is 21.3. The minimum Gasteiger partial charge on any atom is -0.309 e. The molecule has 10 aromatic rings. The SMILES string of the molecule is O=P(c1ccc2sc3ccccc3c2c1)(c1ccc2sc3ccccc3c2c1)c1ccc2ccc3cccc4ccc1c2c34. The lowest BCUT2D eigenvalue weighted by Gasteiger charge is -2.23. The quantitative estimate of drug-likeness (QED) is 0.143. The van der Waals surface area contributed by atoms with E-state index in [-0.39, 0.29) is 0 Å². The molecule has 2 aromatic heterocycles. The van der Waals surface area contributed by atoms with Crippen LogP contribution in [0, 0.1) is 0 Å². The Balaban J connectivity index is 1.34. The second-order valence-corrected chi connectivity index (χ2v) is 16.5. The summed E-state index contributed by atoms with van der Waals surface area (Å²) in [4.78, 5) is 0. The van der Waals surface area contributed by atoms with Crippen molar-refractivity contribution in [2.75, 3.05) is 0 Å². The molecule has 0 aliphatic heterocycles. The Hall–Kier alpha value is -4.53. The Morgan fingerprint density at radius 2 is 0.886 bits per heavy atom. The first-order valence-electron chi connectivity index (χ1n) is 14.8. The van der Waals surface area contributed by atoms with Crippen molar-refractivity contribution in [1.82, 2.24) is 0 Å². The molecule has 0 atom stereocenters. The van der Waals surface area contributed by atoms with Crippen molar-refractivity contribution in [3.8, 4) is 0 Å². The highest BCUT2D eigenvalue weighted by Gasteiger charge is 2.33. The minimum atomic E-state index is -3.34. The highest BCUT2D eigenvalue weighted by molar-refractivity contribution is 7.85. The van der Waals surface area contributed by atoms with Gasteiger partial charge >= 0.3 is 0 Å². The Labute approximate surface area is 261 Å². The van der Waals surface area contributed by atoms with E-state index in [1.807, 2.05) is 0 Å². The summed E-state index contributed by atoms with van der Waals surface area (Å²) in [6.07, 6.45) is 0. The average Bonchev–Trinajstić information content (AvgIpc) is 3.64. The number of hydrogen-bond donors (Lipinski definition) is 0. The van der Waals surface area contributed by atoms with Crippen molar-refractivity contribution in [3.63, 3.8) is 0 Å². The van der Waals surface area contributed by atoms with Gasteiger partial charge < -0.3 is 4.57 Å². The van der Waals surface area contributed by atoms with Crippen LogP contribution in [0.3, 0.4) is 0 Å². The lowest BCUT2D eigenvalue weighted by molar-refractivity contribution is 0.592. The van der Waals surface area contributed by atoms with E-state index < -0.39 is 7.14 Å². The third-order valence-corrected chi connectivity index (χ3v) is 14.7. The van der Waals surface area contributed by atoms with E-state index in [2.05, 4.69) is 140 Å². The second kappa shape index (κ2) is 9.00. The number of hydrogen-bond acceptors (Lipinski definition) is 3. The molecular weight excluding hydrogens is 592 g/mol. The zero-order chi connectivity index (χ0) is 29.0. The molecule has 8 aromatic carbocycles. The van der Waals surface area contributed by atoms with E-state index in [0.717, 1.165) is 21.3 Å². The highest BCUT2D eigenvalue weighted by Crippen LogP contribution is 2.49. The van der Waals surface area contributed by atoms with Gasteiger partial charge in [0.25, 0.3) is 0 Å². The number of fused-ring (bicyclic) bond motifs is 6. The van der Waals surface area contributed by atoms with Crippen LogP contribution < -0.4 is 15.9 Å². The van der Waals surface area contributed by atoms with Gasteiger partial charge in [0, 0.05) is 56.3 Å². The fourth-order valence-corrected chi connectivity index (χ4v) is 12.3. The van der Waals surface area contributed by atoms with Crippen LogP contribution in [0.15, 0.2) is 140 Å². The first-order valence-corrected chi connectivity index (χ1v) is 18.1. The Morgan fingerprint density at radius 1 is 0.386 bits per heavy atom. The zero-order valence-electron chi connectivity index (χ0n) is 23.5. The summed E-state index contributed by atoms with van der Waals surface area (Å²) in [5.74, 6) is 0. The van der Waals surface area contributed by atoms with Crippen molar-refractivity contribution >= 4 is 118 Å². The Bertz CT molecular complexity index is 2690. The molecule has 0 spiro atoms. The average molecular weight is 615 g/mol. The maximum atomic E-state index is 16.4. The van der Waals surface area contributed by atoms with E-state index in [1.165, 1.54) is 67.3 Å². The molecule has 10 rings (SSSR count). The maximum absolute atomic E-state index is 16.4. The molecule has 1 nitrogen and oxygen atoms in total. The third kappa shape index (κ3) is 3.32. The number of thiophene rings is 2. The van der Waals surface area contributed by atoms with Crippen LogP contribution in [0.4, 0.5) is 0 Å². The van der Waals surface area contributed by atoms with E-state index >= 15 is 4.57 Å². The summed E-state index contributed by atoms with van der Waals surface area (Å²) in [7, 11) is -3.34. The summed E-state index contributed by atoms with van der Waals surface area (Å²) in [5.41, 5.74) is 0. The topological polar surface area (TPSA) is 17.1 Å². The molecule has 0 aliphatic carbocycles. The molecule has 206 valence electrons. The standard InChI is InChI=1S/C40H23OPS2/c41-42(27-16-20-37-32(22-27)29-8-1-3-10-35(29)43-37,28-17-21-38-33(23-28)30-9-2-4-11-36(30)44-38)34-19-15-26-13-12-24-6-5-7-25-14-18-31(34)40(26)39(24)25/h1-23H. The molecule has 44 heavy (non-hydrogen) atoms. The van der Waals surface area contributed by atoms with Gasteiger partial charge in [0.05, 0.1) is 0 Å². The van der Waals surface area contributed by atoms with Gasteiger partial charge in [-0.3, -0.25) is 0 Å². The van der Waals surface area contributed by atoms with Crippen LogP contribution in [0.25, 0.3) is 72.7 Å². The molecule has 0 bridgehead atoms. The van der Waals surface area contributed by atoms with Gasteiger partial charge in [-0.15, -0.1) is 22.7 Å². The largest absolute Gasteiger partial charge is 0.309 e. The van der Waals surface area contributed by atoms with Gasteiger partial charge in [-0.1, -0.05) is 84.9 Å². The molecule has 0 saturated carbocycles. The summed E-state index contributed by atoms with van der Waals surface area (Å²) in [5, 5.41) is 14.5. The molecule has 0 unspecified atom stereocenters. The molecule has 0 saturated heterocycles. The van der Waals surface area contributed by atoms with Crippen molar-refractivity contribution in [2.24, 2.45) is 0 Å². The van der Waals surface area contributed by atoms with E-state index in [9.17, 15) is 0 Å². The van der Waals surface area contributed by atoms with Gasteiger partial charge in [-0.05, 0) is 86.9 Å². The number of benzene rings is 8. The Morgan fingerprint density at radius 3 is 1.50 bits per heavy atom. The first-order chi connectivity index (χ1) is 21.7. The van der Waals surface area contributed by atoms with Gasteiger partial charge in [0.15, 0.2) is 7.14 Å². The predicted molar refractivity (Wildman–Crippen MR) is 195 cm³/mol.